The van der Waals surface area contributed by atoms with Crippen LogP contribution in [0.1, 0.15) is 17.1 Å². The molecule has 1 aromatic carbocycles. The van der Waals surface area contributed by atoms with Gasteiger partial charge in [0.2, 0.25) is 11.7 Å². The first kappa shape index (κ1) is 15.3. The van der Waals surface area contributed by atoms with Gasteiger partial charge in [0, 0.05) is 39.5 Å². The van der Waals surface area contributed by atoms with E-state index in [4.69, 9.17) is 4.52 Å². The summed E-state index contributed by atoms with van der Waals surface area (Å²) in [4.78, 5) is 11.5. The molecule has 0 radical (unpaired) electrons. The number of benzene rings is 1. The van der Waals surface area contributed by atoms with Gasteiger partial charge in [-0.05, 0) is 40.0 Å². The molecule has 0 saturated heterocycles. The van der Waals surface area contributed by atoms with Crippen molar-refractivity contribution in [2.24, 2.45) is 0 Å². The lowest BCUT2D eigenvalue weighted by atomic mass is 10.0. The maximum atomic E-state index is 5.46. The van der Waals surface area contributed by atoms with E-state index in [1.807, 2.05) is 11.4 Å². The van der Waals surface area contributed by atoms with Crippen LogP contribution < -0.4 is 0 Å². The fourth-order valence-corrected chi connectivity index (χ4v) is 4.78. The largest absolute Gasteiger partial charge is 0.357 e. The van der Waals surface area contributed by atoms with Gasteiger partial charge < -0.3 is 9.51 Å². The quantitative estimate of drug-likeness (QED) is 0.532. The van der Waals surface area contributed by atoms with E-state index in [9.17, 15) is 0 Å². The van der Waals surface area contributed by atoms with E-state index in [0.29, 0.717) is 18.3 Å². The zero-order chi connectivity index (χ0) is 16.8. The van der Waals surface area contributed by atoms with Crippen molar-refractivity contribution < 1.29 is 4.52 Å². The van der Waals surface area contributed by atoms with Gasteiger partial charge in [-0.15, -0.1) is 11.3 Å². The van der Waals surface area contributed by atoms with E-state index in [0.717, 1.165) is 28.9 Å². The highest BCUT2D eigenvalue weighted by Crippen LogP contribution is 2.29. The number of nitrogens with zero attached hydrogens (tertiary/aromatic N) is 3. The first-order valence-electron chi connectivity index (χ1n) is 8.14. The molecular weight excluding hydrogens is 400 g/mol. The summed E-state index contributed by atoms with van der Waals surface area (Å²) in [5, 5.41) is 7.48. The van der Waals surface area contributed by atoms with Crippen molar-refractivity contribution in [3.05, 3.63) is 57.3 Å². The van der Waals surface area contributed by atoms with Gasteiger partial charge in [-0.1, -0.05) is 23.4 Å². The van der Waals surface area contributed by atoms with Crippen LogP contribution in [-0.2, 0) is 19.5 Å². The number of hydrogen-bond acceptors (Lipinski definition) is 5. The smallest absolute Gasteiger partial charge is 0.241 e. The van der Waals surface area contributed by atoms with Crippen LogP contribution in [-0.4, -0.2) is 26.6 Å². The summed E-state index contributed by atoms with van der Waals surface area (Å²) in [6.07, 6.45) is 1.04. The van der Waals surface area contributed by atoms with Crippen molar-refractivity contribution >= 4 is 38.2 Å². The van der Waals surface area contributed by atoms with Gasteiger partial charge in [-0.3, -0.25) is 4.90 Å². The number of aromatic nitrogens is 3. The highest BCUT2D eigenvalue weighted by Gasteiger charge is 2.22. The maximum Gasteiger partial charge on any atom is 0.241 e. The molecule has 0 spiro atoms. The molecule has 0 atom stereocenters. The lowest BCUT2D eigenvalue weighted by Gasteiger charge is -2.25. The minimum absolute atomic E-state index is 0.661. The molecule has 126 valence electrons. The average Bonchev–Trinajstić information content (AvgIpc) is 3.32. The average molecular weight is 415 g/mol. The summed E-state index contributed by atoms with van der Waals surface area (Å²) in [5.74, 6) is 1.33. The Morgan fingerprint density at radius 3 is 3.12 bits per heavy atom. The molecule has 0 fully saturated rings. The monoisotopic (exact) mass is 414 g/mol. The zero-order valence-corrected chi connectivity index (χ0v) is 15.7. The molecule has 4 heterocycles. The SMILES string of the molecule is Brc1csc(-c2noc(CN3CCc4c([nH]c5ccccc45)C3)n2)c1. The van der Waals surface area contributed by atoms with Crippen LogP contribution in [0.25, 0.3) is 21.6 Å². The molecule has 3 aromatic heterocycles. The van der Waals surface area contributed by atoms with Crippen molar-refractivity contribution in [3.8, 4) is 10.7 Å². The first-order chi connectivity index (χ1) is 12.3. The number of hydrogen-bond donors (Lipinski definition) is 1. The molecule has 25 heavy (non-hydrogen) atoms. The number of H-pyrrole nitrogens is 1. The highest BCUT2D eigenvalue weighted by molar-refractivity contribution is 9.10. The summed E-state index contributed by atoms with van der Waals surface area (Å²) in [6, 6.07) is 10.5. The van der Waals surface area contributed by atoms with E-state index in [-0.39, 0.29) is 0 Å². The minimum Gasteiger partial charge on any atom is -0.357 e. The standard InChI is InChI=1S/C18H15BrN4OS/c19-11-7-16(25-10-11)18-21-17(24-22-18)9-23-6-5-13-12-3-1-2-4-14(12)20-15(13)8-23/h1-4,7,10,20H,5-6,8-9H2. The summed E-state index contributed by atoms with van der Waals surface area (Å²) >= 11 is 5.06. The normalized spacial score (nSPS) is 14.9. The van der Waals surface area contributed by atoms with Gasteiger partial charge in [0.1, 0.15) is 0 Å². The van der Waals surface area contributed by atoms with Gasteiger partial charge in [-0.2, -0.15) is 4.98 Å². The number of thiophene rings is 1. The minimum atomic E-state index is 0.661. The van der Waals surface area contributed by atoms with E-state index < -0.39 is 0 Å². The van der Waals surface area contributed by atoms with Gasteiger partial charge in [0.05, 0.1) is 11.4 Å². The predicted octanol–water partition coefficient (Wildman–Crippen LogP) is 4.60. The Labute approximate surface area is 156 Å². The third-order valence-electron chi connectivity index (χ3n) is 4.58. The fourth-order valence-electron chi connectivity index (χ4n) is 3.42. The van der Waals surface area contributed by atoms with Crippen LogP contribution in [0.3, 0.4) is 0 Å². The molecule has 4 aromatic rings. The Balaban J connectivity index is 1.35. The summed E-state index contributed by atoms with van der Waals surface area (Å²) in [5.41, 5.74) is 3.97. The Hall–Kier alpha value is -1.96. The van der Waals surface area contributed by atoms with E-state index in [1.54, 1.807) is 11.3 Å². The first-order valence-corrected chi connectivity index (χ1v) is 9.81. The van der Waals surface area contributed by atoms with E-state index >= 15 is 0 Å². The Morgan fingerprint density at radius 1 is 1.32 bits per heavy atom. The van der Waals surface area contributed by atoms with Gasteiger partial charge in [0.15, 0.2) is 0 Å². The van der Waals surface area contributed by atoms with Crippen molar-refractivity contribution in [1.82, 2.24) is 20.0 Å². The van der Waals surface area contributed by atoms with E-state index in [2.05, 4.69) is 60.2 Å². The van der Waals surface area contributed by atoms with Crippen LogP contribution in [0.15, 0.2) is 44.7 Å². The molecule has 1 aliphatic heterocycles. The van der Waals surface area contributed by atoms with Crippen LogP contribution in [0.4, 0.5) is 0 Å². The number of aromatic amines is 1. The van der Waals surface area contributed by atoms with Gasteiger partial charge >= 0.3 is 0 Å². The predicted molar refractivity (Wildman–Crippen MR) is 101 cm³/mol. The molecule has 0 unspecified atom stereocenters. The molecule has 5 nitrogen and oxygen atoms in total. The van der Waals surface area contributed by atoms with Gasteiger partial charge in [-0.25, -0.2) is 0 Å². The molecular formula is C18H15BrN4OS. The molecule has 0 amide bonds. The van der Waals surface area contributed by atoms with Crippen molar-refractivity contribution in [1.29, 1.82) is 0 Å². The number of rotatable bonds is 3. The number of fused-ring (bicyclic) bond motifs is 3. The molecule has 5 rings (SSSR count). The number of nitrogens with one attached hydrogen (secondary N) is 1. The summed E-state index contributed by atoms with van der Waals surface area (Å²) in [6.45, 7) is 2.55. The Bertz CT molecular complexity index is 1050. The molecule has 0 saturated carbocycles. The van der Waals surface area contributed by atoms with Crippen LogP contribution in [0.5, 0.6) is 0 Å². The summed E-state index contributed by atoms with van der Waals surface area (Å²) < 4.78 is 6.50. The number of para-hydroxylation sites is 1. The molecule has 0 aliphatic carbocycles. The second-order valence-electron chi connectivity index (χ2n) is 6.23. The second-order valence-corrected chi connectivity index (χ2v) is 8.06. The Kier molecular flexibility index (Phi) is 3.73. The van der Waals surface area contributed by atoms with Gasteiger partial charge in [0.25, 0.3) is 0 Å². The Morgan fingerprint density at radius 2 is 2.24 bits per heavy atom. The second kappa shape index (κ2) is 6.09. The lowest BCUT2D eigenvalue weighted by molar-refractivity contribution is 0.209. The van der Waals surface area contributed by atoms with Crippen LogP contribution >= 0.6 is 27.3 Å². The lowest BCUT2D eigenvalue weighted by Crippen LogP contribution is -2.30. The molecule has 1 aliphatic rings. The van der Waals surface area contributed by atoms with Crippen molar-refractivity contribution in [2.45, 2.75) is 19.5 Å². The maximum absolute atomic E-state index is 5.46. The fraction of sp³-hybridized carbons (Fsp3) is 0.222. The number of halogens is 1. The molecule has 1 N–H and O–H groups in total. The van der Waals surface area contributed by atoms with Crippen molar-refractivity contribution in [3.63, 3.8) is 0 Å². The van der Waals surface area contributed by atoms with E-state index in [1.165, 1.54) is 22.2 Å². The highest BCUT2D eigenvalue weighted by atomic mass is 79.9. The van der Waals surface area contributed by atoms with Crippen LogP contribution in [0, 0.1) is 0 Å². The third kappa shape index (κ3) is 2.82. The van der Waals surface area contributed by atoms with Crippen LogP contribution in [0.2, 0.25) is 0 Å². The molecule has 0 bridgehead atoms. The molecule has 7 heteroatoms. The zero-order valence-electron chi connectivity index (χ0n) is 13.3. The van der Waals surface area contributed by atoms with Crippen molar-refractivity contribution in [2.75, 3.05) is 6.54 Å². The summed E-state index contributed by atoms with van der Waals surface area (Å²) in [7, 11) is 0. The topological polar surface area (TPSA) is 58.0 Å². The third-order valence-corrected chi connectivity index (χ3v) is 6.26.